The maximum atomic E-state index is 15.3. The van der Waals surface area contributed by atoms with Crippen LogP contribution >= 0.6 is 22.9 Å². The number of phenolic OH excluding ortho intramolecular Hbond substituents is 1. The zero-order valence-corrected chi connectivity index (χ0v) is 38.7. The number of methoxy groups -OCH3 is 2. The number of aromatic nitrogens is 7. The van der Waals surface area contributed by atoms with Gasteiger partial charge in [0.25, 0.3) is 5.56 Å². The van der Waals surface area contributed by atoms with Gasteiger partial charge in [0.1, 0.15) is 17.2 Å². The van der Waals surface area contributed by atoms with E-state index in [4.69, 9.17) is 30.9 Å². The summed E-state index contributed by atoms with van der Waals surface area (Å²) in [5.74, 6) is -1.83. The van der Waals surface area contributed by atoms with Gasteiger partial charge in [-0.15, -0.1) is 11.3 Å². The predicted octanol–water partition coefficient (Wildman–Crippen LogP) is 5.86. The number of imide groups is 1. The van der Waals surface area contributed by atoms with E-state index >= 15 is 9.59 Å². The summed E-state index contributed by atoms with van der Waals surface area (Å²) in [7, 11) is 6.28. The molecule has 4 aromatic heterocycles. The van der Waals surface area contributed by atoms with Gasteiger partial charge in [-0.2, -0.15) is 5.10 Å². The topological polar surface area (TPSA) is 187 Å². The second kappa shape index (κ2) is 15.6. The van der Waals surface area contributed by atoms with Crippen LogP contribution in [-0.2, 0) is 43.2 Å². The Hall–Kier alpha value is -6.92. The van der Waals surface area contributed by atoms with E-state index in [1.165, 1.54) is 49.1 Å². The Kier molecular flexibility index (Phi) is 10.2. The number of nitrogens with zero attached hydrogens (tertiary/aromatic N) is 8. The zero-order valence-electron chi connectivity index (χ0n) is 37.1. The monoisotopic (exact) mass is 932 g/mol. The minimum Gasteiger partial charge on any atom is -0.504 e. The number of hydrogen-bond donors (Lipinski definition) is 1. The first-order valence-electron chi connectivity index (χ1n) is 21.4. The number of benzene rings is 3. The van der Waals surface area contributed by atoms with Crippen molar-refractivity contribution in [1.29, 1.82) is 0 Å². The molecule has 3 aliphatic rings. The van der Waals surface area contributed by atoms with E-state index in [-0.39, 0.29) is 55.5 Å². The number of hydrogen-bond acceptors (Lipinski definition) is 12. The van der Waals surface area contributed by atoms with E-state index in [1.807, 2.05) is 31.2 Å². The van der Waals surface area contributed by atoms with Gasteiger partial charge < -0.3 is 23.9 Å². The fourth-order valence-corrected chi connectivity index (χ4v) is 11.7. The molecule has 10 rings (SSSR count). The molecular formula is C47H45ClN8O9S. The van der Waals surface area contributed by atoms with Crippen molar-refractivity contribution in [3.63, 3.8) is 0 Å². The second-order valence-electron chi connectivity index (χ2n) is 17.0. The van der Waals surface area contributed by atoms with Crippen LogP contribution in [0.4, 0.5) is 5.82 Å². The van der Waals surface area contributed by atoms with E-state index in [0.29, 0.717) is 44.4 Å². The van der Waals surface area contributed by atoms with Crippen LogP contribution in [0.5, 0.6) is 23.0 Å². The molecule has 2 amide bonds. The third-order valence-corrected chi connectivity index (χ3v) is 15.2. The number of fused-ring (bicyclic) bond motifs is 6. The van der Waals surface area contributed by atoms with Crippen molar-refractivity contribution >= 4 is 61.7 Å². The molecule has 66 heavy (non-hydrogen) atoms. The van der Waals surface area contributed by atoms with Gasteiger partial charge in [-0.05, 0) is 68.0 Å². The van der Waals surface area contributed by atoms with E-state index in [1.54, 1.807) is 64.3 Å². The van der Waals surface area contributed by atoms with Crippen LogP contribution in [0, 0.1) is 18.3 Å². The van der Waals surface area contributed by atoms with Crippen LogP contribution in [0.15, 0.2) is 80.6 Å². The molecule has 1 aliphatic carbocycles. The molecule has 17 nitrogen and oxygen atoms in total. The second-order valence-corrected chi connectivity index (χ2v) is 18.5. The summed E-state index contributed by atoms with van der Waals surface area (Å²) in [6.45, 7) is 5.56. The lowest BCUT2D eigenvalue weighted by atomic mass is 9.56. The summed E-state index contributed by atoms with van der Waals surface area (Å²) in [6, 6.07) is 14.9. The Morgan fingerprint density at radius 1 is 0.970 bits per heavy atom. The highest BCUT2D eigenvalue weighted by Gasteiger charge is 2.66. The van der Waals surface area contributed by atoms with Crippen molar-refractivity contribution in [1.82, 2.24) is 33.3 Å². The SMILES string of the molecule is CCOc1cccc([C@H]2C3=CCn4c(=O)n(CCc5nc6cc(OC)c(OC)cc6n(C)c5=O)c(=O)n4[C@@H]3C[C@H]3C(=O)N(c4cc(-c5sc6ccc(Cl)cc6c5C)nn4C)C(=O)[C@@]23C)c1O. The quantitative estimate of drug-likeness (QED) is 0.128. The van der Waals surface area contributed by atoms with Gasteiger partial charge in [0, 0.05) is 66.5 Å². The number of anilines is 1. The summed E-state index contributed by atoms with van der Waals surface area (Å²) >= 11 is 7.88. The largest absolute Gasteiger partial charge is 0.504 e. The van der Waals surface area contributed by atoms with Crippen LogP contribution in [0.3, 0.4) is 0 Å². The molecule has 1 N–H and O–H groups in total. The number of carbonyl (C=O) groups is 2. The number of para-hydroxylation sites is 1. The standard InChI is InChI=1S/C47H45ClN8O9S/c1-8-65-34-11-9-10-26(40(34)57)39-25-14-17-54-45(61)53(16-15-29-43(59)51(4)33-22-36(64-7)35(63-6)20-30(33)49-29)46(62)56(54)32(25)19-28-42(58)55(44(60)47(28,39)3)38-21-31(50-52(38)5)41-23(2)27-18-24(48)12-13-37(27)66-41/h9-14,18,20-22,28,32,39,57H,8,15-17,19H2,1-7H3/t28-,32+,39+,47+/m0/s1. The zero-order chi connectivity index (χ0) is 46.7. The Morgan fingerprint density at radius 2 is 1.73 bits per heavy atom. The third-order valence-electron chi connectivity index (χ3n) is 13.7. The van der Waals surface area contributed by atoms with E-state index in [0.717, 1.165) is 25.1 Å². The Morgan fingerprint density at radius 3 is 2.47 bits per heavy atom. The highest BCUT2D eigenvalue weighted by Crippen LogP contribution is 2.63. The lowest BCUT2D eigenvalue weighted by molar-refractivity contribution is -0.129. The number of aryl methyl sites for hydroxylation is 4. The summed E-state index contributed by atoms with van der Waals surface area (Å²) < 4.78 is 24.4. The fourth-order valence-electron chi connectivity index (χ4n) is 10.4. The minimum absolute atomic E-state index is 0.00582. The molecule has 4 atom stereocenters. The molecule has 1 saturated heterocycles. The van der Waals surface area contributed by atoms with Crippen molar-refractivity contribution in [3.8, 4) is 33.6 Å². The smallest absolute Gasteiger partial charge is 0.347 e. The van der Waals surface area contributed by atoms with Crippen molar-refractivity contribution in [2.75, 3.05) is 25.7 Å². The molecule has 2 fully saturated rings. The number of ether oxygens (including phenoxy) is 3. The van der Waals surface area contributed by atoms with Gasteiger partial charge in [-0.25, -0.2) is 33.4 Å². The number of amides is 2. The van der Waals surface area contributed by atoms with Crippen LogP contribution < -0.4 is 36.0 Å². The number of thiophene rings is 1. The molecule has 1 saturated carbocycles. The molecule has 19 heteroatoms. The highest BCUT2D eigenvalue weighted by molar-refractivity contribution is 7.22. The molecular weight excluding hydrogens is 888 g/mol. The highest BCUT2D eigenvalue weighted by atomic mass is 35.5. The molecule has 7 aromatic rings. The Balaban J connectivity index is 1.06. The van der Waals surface area contributed by atoms with E-state index in [2.05, 4.69) is 4.98 Å². The number of phenols is 1. The van der Waals surface area contributed by atoms with Crippen LogP contribution in [-0.4, -0.2) is 71.0 Å². The Bertz CT molecular complexity index is 3450. The number of aromatic hydroxyl groups is 1. The summed E-state index contributed by atoms with van der Waals surface area (Å²) in [6.07, 6.45) is 1.76. The molecule has 0 unspecified atom stereocenters. The van der Waals surface area contributed by atoms with E-state index in [9.17, 15) is 19.5 Å². The lowest BCUT2D eigenvalue weighted by Gasteiger charge is -2.47. The van der Waals surface area contributed by atoms with Gasteiger partial charge in [0.15, 0.2) is 23.0 Å². The first-order chi connectivity index (χ1) is 31.6. The number of allylic oxidation sites excluding steroid dienone is 2. The summed E-state index contributed by atoms with van der Waals surface area (Å²) in [5.41, 5.74) is 0.434. The minimum atomic E-state index is -1.47. The maximum Gasteiger partial charge on any atom is 0.347 e. The van der Waals surface area contributed by atoms with Gasteiger partial charge in [0.05, 0.1) is 60.7 Å². The molecule has 2 aliphatic heterocycles. The average molecular weight is 933 g/mol. The van der Waals surface area contributed by atoms with Crippen molar-refractivity contribution in [2.24, 2.45) is 25.4 Å². The van der Waals surface area contributed by atoms with Gasteiger partial charge in [0.2, 0.25) is 11.8 Å². The van der Waals surface area contributed by atoms with Crippen molar-refractivity contribution in [2.45, 2.75) is 58.7 Å². The number of carbonyl (C=O) groups excluding carboxylic acids is 2. The maximum absolute atomic E-state index is 15.3. The first kappa shape index (κ1) is 43.0. The molecule has 0 spiro atoms. The number of halogens is 1. The molecule has 3 aromatic carbocycles. The molecule has 0 bridgehead atoms. The molecule has 0 radical (unpaired) electrons. The van der Waals surface area contributed by atoms with Crippen molar-refractivity contribution < 1.29 is 28.9 Å². The van der Waals surface area contributed by atoms with Gasteiger partial charge >= 0.3 is 11.4 Å². The Labute approximate surface area is 385 Å². The van der Waals surface area contributed by atoms with E-state index < -0.39 is 52.0 Å². The molecule has 6 heterocycles. The van der Waals surface area contributed by atoms with Gasteiger partial charge in [-0.3, -0.25) is 19.1 Å². The van der Waals surface area contributed by atoms with Crippen molar-refractivity contribution in [3.05, 3.63) is 119 Å². The molecule has 340 valence electrons. The van der Waals surface area contributed by atoms with Gasteiger partial charge in [-0.1, -0.05) is 29.8 Å². The predicted molar refractivity (Wildman–Crippen MR) is 248 cm³/mol. The first-order valence-corrected chi connectivity index (χ1v) is 22.6. The third kappa shape index (κ3) is 6.13. The van der Waals surface area contributed by atoms with Crippen LogP contribution in [0.2, 0.25) is 5.02 Å². The van der Waals surface area contributed by atoms with Crippen LogP contribution in [0.25, 0.3) is 31.7 Å². The number of rotatable bonds is 10. The lowest BCUT2D eigenvalue weighted by Crippen LogP contribution is -2.49. The summed E-state index contributed by atoms with van der Waals surface area (Å²) in [4.78, 5) is 79.6. The summed E-state index contributed by atoms with van der Waals surface area (Å²) in [5, 5.41) is 18.3. The normalized spacial score (nSPS) is 20.2. The fraction of sp³-hybridized carbons (Fsp3) is 0.340. The van der Waals surface area contributed by atoms with Crippen LogP contribution in [0.1, 0.15) is 49.0 Å². The average Bonchev–Trinajstić information content (AvgIpc) is 3.97.